The largest absolute Gasteiger partial charge is 0.455 e. The zero-order valence-corrected chi connectivity index (χ0v) is 29.7. The minimum Gasteiger partial charge on any atom is -0.455 e. The van der Waals surface area contributed by atoms with E-state index < -0.39 is 0 Å². The van der Waals surface area contributed by atoms with Gasteiger partial charge in [0.1, 0.15) is 11.2 Å². The third kappa shape index (κ3) is 4.94. The Bertz CT molecular complexity index is 3210. The van der Waals surface area contributed by atoms with Crippen LogP contribution < -0.4 is 0 Å². The fourth-order valence-corrected chi connectivity index (χ4v) is 9.01. The second-order valence-corrected chi connectivity index (χ2v) is 14.6. The number of rotatable bonds is 5. The van der Waals surface area contributed by atoms with Gasteiger partial charge in [0.15, 0.2) is 5.82 Å². The Hall–Kier alpha value is -6.95. The Morgan fingerprint density at radius 3 is 2.02 bits per heavy atom. The van der Waals surface area contributed by atoms with Gasteiger partial charge in [-0.25, -0.2) is 9.97 Å². The van der Waals surface area contributed by atoms with Crippen LogP contribution in [0.2, 0.25) is 0 Å². The lowest BCUT2D eigenvalue weighted by Gasteiger charge is -2.12. The van der Waals surface area contributed by atoms with Gasteiger partial charge in [-0.2, -0.15) is 0 Å². The van der Waals surface area contributed by atoms with Gasteiger partial charge in [0, 0.05) is 59.2 Å². The molecule has 252 valence electrons. The molecule has 0 amide bonds. The molecule has 0 spiro atoms. The summed E-state index contributed by atoms with van der Waals surface area (Å²) in [5.41, 5.74) is 11.8. The van der Waals surface area contributed by atoms with Crippen molar-refractivity contribution in [1.82, 2.24) is 15.0 Å². The van der Waals surface area contributed by atoms with Gasteiger partial charge in [0.05, 0.1) is 16.9 Å². The normalized spacial score (nSPS) is 11.7. The molecule has 0 aliphatic heterocycles. The smallest absolute Gasteiger partial charge is 0.160 e. The lowest BCUT2D eigenvalue weighted by molar-refractivity contribution is 0.670. The van der Waals surface area contributed by atoms with Crippen LogP contribution in [0.25, 0.3) is 109 Å². The number of hydrogen-bond donors (Lipinski definition) is 0. The molecule has 0 radical (unpaired) electrons. The summed E-state index contributed by atoms with van der Waals surface area (Å²) in [5.74, 6) is 0.653. The molecule has 0 saturated carbocycles. The Morgan fingerprint density at radius 1 is 0.426 bits per heavy atom. The number of nitrogens with zero attached hydrogens (tertiary/aromatic N) is 3. The third-order valence-electron chi connectivity index (χ3n) is 10.4. The van der Waals surface area contributed by atoms with Crippen molar-refractivity contribution >= 4 is 64.4 Å². The van der Waals surface area contributed by atoms with E-state index in [0.29, 0.717) is 5.82 Å². The van der Waals surface area contributed by atoms with Crippen LogP contribution in [0, 0.1) is 0 Å². The van der Waals surface area contributed by atoms with E-state index >= 15 is 0 Å². The van der Waals surface area contributed by atoms with Gasteiger partial charge >= 0.3 is 0 Å². The van der Waals surface area contributed by atoms with Crippen LogP contribution in [0.5, 0.6) is 0 Å². The Balaban J connectivity index is 1.12. The van der Waals surface area contributed by atoms with Crippen molar-refractivity contribution < 1.29 is 4.42 Å². The summed E-state index contributed by atoms with van der Waals surface area (Å²) >= 11 is 1.84. The second-order valence-electron chi connectivity index (χ2n) is 13.5. The molecular weight excluding hydrogens is 679 g/mol. The summed E-state index contributed by atoms with van der Waals surface area (Å²) in [4.78, 5) is 15.0. The molecule has 4 nitrogen and oxygen atoms in total. The van der Waals surface area contributed by atoms with Crippen LogP contribution in [0.3, 0.4) is 0 Å². The van der Waals surface area contributed by atoms with Crippen molar-refractivity contribution in [2.45, 2.75) is 0 Å². The van der Waals surface area contributed by atoms with Crippen LogP contribution in [0.4, 0.5) is 0 Å². The molecule has 0 fully saturated rings. The highest BCUT2D eigenvalue weighted by Gasteiger charge is 2.21. The van der Waals surface area contributed by atoms with Crippen LogP contribution in [0.15, 0.2) is 180 Å². The van der Waals surface area contributed by atoms with Gasteiger partial charge in [-0.05, 0) is 64.7 Å². The molecule has 11 rings (SSSR count). The van der Waals surface area contributed by atoms with Crippen LogP contribution >= 0.6 is 11.3 Å². The summed E-state index contributed by atoms with van der Waals surface area (Å²) in [6.07, 6.45) is 1.84. The minimum absolute atomic E-state index is 0.653. The molecule has 4 aromatic heterocycles. The number of aromatic nitrogens is 3. The van der Waals surface area contributed by atoms with Crippen LogP contribution in [0.1, 0.15) is 0 Å². The molecule has 7 aromatic carbocycles. The third-order valence-corrected chi connectivity index (χ3v) is 11.5. The molecule has 0 N–H and O–H groups in total. The lowest BCUT2D eigenvalue weighted by Crippen LogP contribution is -1.96. The van der Waals surface area contributed by atoms with Crippen molar-refractivity contribution in [3.05, 3.63) is 176 Å². The molecular formula is C49H29N3OS. The molecule has 0 bridgehead atoms. The summed E-state index contributed by atoms with van der Waals surface area (Å²) < 4.78 is 9.37. The zero-order chi connectivity index (χ0) is 35.6. The van der Waals surface area contributed by atoms with Crippen LogP contribution in [-0.4, -0.2) is 15.0 Å². The van der Waals surface area contributed by atoms with Gasteiger partial charge in [-0.15, -0.1) is 11.3 Å². The number of thiophene rings is 1. The maximum atomic E-state index is 6.81. The number of benzene rings is 7. The molecule has 0 aliphatic rings. The van der Waals surface area contributed by atoms with Crippen LogP contribution in [-0.2, 0) is 0 Å². The van der Waals surface area contributed by atoms with Gasteiger partial charge < -0.3 is 4.42 Å². The Kier molecular flexibility index (Phi) is 7.00. The Labute approximate surface area is 314 Å². The monoisotopic (exact) mass is 707 g/mol. The van der Waals surface area contributed by atoms with E-state index in [1.807, 2.05) is 53.9 Å². The van der Waals surface area contributed by atoms with E-state index in [4.69, 9.17) is 14.4 Å². The zero-order valence-electron chi connectivity index (χ0n) is 28.9. The quantitative estimate of drug-likeness (QED) is 0.179. The standard InChI is InChI=1S/C49H29N3OS/c1-2-11-31(12-3-1)41-29-42(52-49(51-41)32-24-22-30(23-25-32)33-15-8-18-40-34(33)17-10-28-50-40)37-27-26-36(47-38-13-4-6-19-43(38)53-48(37)47)35-16-9-21-45-46(35)39-14-5-7-20-44(39)54-45/h1-29H. The summed E-state index contributed by atoms with van der Waals surface area (Å²) in [7, 11) is 0. The van der Waals surface area contributed by atoms with Gasteiger partial charge in [0.25, 0.3) is 0 Å². The van der Waals surface area contributed by atoms with E-state index in [2.05, 4.69) is 138 Å². The first-order valence-electron chi connectivity index (χ1n) is 18.0. The first-order valence-corrected chi connectivity index (χ1v) is 18.8. The number of hydrogen-bond acceptors (Lipinski definition) is 5. The van der Waals surface area contributed by atoms with E-state index in [1.54, 1.807) is 0 Å². The predicted octanol–water partition coefficient (Wildman–Crippen LogP) is 13.6. The molecule has 11 aromatic rings. The predicted molar refractivity (Wildman–Crippen MR) is 225 cm³/mol. The molecule has 54 heavy (non-hydrogen) atoms. The van der Waals surface area contributed by atoms with Crippen molar-refractivity contribution in [1.29, 1.82) is 0 Å². The highest BCUT2D eigenvalue weighted by molar-refractivity contribution is 7.25. The van der Waals surface area contributed by atoms with E-state index in [9.17, 15) is 0 Å². The topological polar surface area (TPSA) is 51.8 Å². The maximum absolute atomic E-state index is 6.81. The van der Waals surface area contributed by atoms with E-state index in [-0.39, 0.29) is 0 Å². The Morgan fingerprint density at radius 2 is 1.11 bits per heavy atom. The average Bonchev–Trinajstić information content (AvgIpc) is 3.83. The van der Waals surface area contributed by atoms with Crippen molar-refractivity contribution in [2.24, 2.45) is 0 Å². The van der Waals surface area contributed by atoms with Crippen molar-refractivity contribution in [3.63, 3.8) is 0 Å². The summed E-state index contributed by atoms with van der Waals surface area (Å²) in [6, 6.07) is 59.4. The average molecular weight is 708 g/mol. The maximum Gasteiger partial charge on any atom is 0.160 e. The van der Waals surface area contributed by atoms with Gasteiger partial charge in [-0.3, -0.25) is 4.98 Å². The SMILES string of the molecule is c1ccc(-c2cc(-c3ccc(-c4cccc5sc6ccccc6c45)c4c3oc3ccccc34)nc(-c3ccc(-c4cccc5ncccc45)cc3)n2)cc1. The molecule has 4 heterocycles. The molecule has 0 saturated heterocycles. The second kappa shape index (κ2) is 12.3. The number of pyridine rings is 1. The molecule has 0 unspecified atom stereocenters. The summed E-state index contributed by atoms with van der Waals surface area (Å²) in [6.45, 7) is 0. The van der Waals surface area contributed by atoms with Gasteiger partial charge in [-0.1, -0.05) is 127 Å². The number of furan rings is 1. The fourth-order valence-electron chi connectivity index (χ4n) is 7.88. The van der Waals surface area contributed by atoms with Crippen molar-refractivity contribution in [3.8, 4) is 56.2 Å². The molecule has 0 atom stereocenters. The van der Waals surface area contributed by atoms with E-state index in [0.717, 1.165) is 77.6 Å². The first kappa shape index (κ1) is 30.7. The first-order chi connectivity index (χ1) is 26.8. The van der Waals surface area contributed by atoms with E-state index in [1.165, 1.54) is 25.7 Å². The molecule has 5 heteroatoms. The minimum atomic E-state index is 0.653. The van der Waals surface area contributed by atoms with Gasteiger partial charge in [0.2, 0.25) is 0 Å². The summed E-state index contributed by atoms with van der Waals surface area (Å²) in [5, 5.41) is 5.84. The fraction of sp³-hybridized carbons (Fsp3) is 0. The van der Waals surface area contributed by atoms with Crippen molar-refractivity contribution in [2.75, 3.05) is 0 Å². The lowest BCUT2D eigenvalue weighted by atomic mass is 9.93. The molecule has 0 aliphatic carbocycles. The number of para-hydroxylation sites is 1. The highest BCUT2D eigenvalue weighted by Crippen LogP contribution is 2.46. The number of fused-ring (bicyclic) bond motifs is 7. The highest BCUT2D eigenvalue weighted by atomic mass is 32.1.